The summed E-state index contributed by atoms with van der Waals surface area (Å²) in [6.45, 7) is 18.5. The Morgan fingerprint density at radius 3 is 1.97 bits per heavy atom. The third-order valence-electron chi connectivity index (χ3n) is 13.7. The van der Waals surface area contributed by atoms with Gasteiger partial charge in [0.2, 0.25) is 0 Å². The van der Waals surface area contributed by atoms with Crippen molar-refractivity contribution in [2.24, 2.45) is 0 Å². The molecule has 0 fully saturated rings. The molecule has 3 aliphatic rings. The van der Waals surface area contributed by atoms with Gasteiger partial charge in [-0.1, -0.05) is 156 Å². The van der Waals surface area contributed by atoms with Crippen molar-refractivity contribution in [3.63, 3.8) is 0 Å². The van der Waals surface area contributed by atoms with Crippen LogP contribution in [0.15, 0.2) is 164 Å². The van der Waals surface area contributed by atoms with Crippen molar-refractivity contribution in [2.45, 2.75) is 96.3 Å². The van der Waals surface area contributed by atoms with Crippen LogP contribution >= 0.6 is 0 Å². The van der Waals surface area contributed by atoms with Gasteiger partial charge in [0, 0.05) is 16.9 Å². The summed E-state index contributed by atoms with van der Waals surface area (Å²) in [5, 5.41) is 0. The molecule has 1 unspecified atom stereocenters. The second-order valence-electron chi connectivity index (χ2n) is 18.2. The van der Waals surface area contributed by atoms with E-state index in [0.29, 0.717) is 0 Å². The summed E-state index contributed by atoms with van der Waals surface area (Å²) >= 11 is 0. The molecule has 9 rings (SSSR count). The molecule has 0 spiro atoms. The molecule has 1 atom stereocenters. The van der Waals surface area contributed by atoms with Gasteiger partial charge in [-0.15, -0.1) is 0 Å². The number of anilines is 3. The van der Waals surface area contributed by atoms with Crippen LogP contribution in [-0.4, -0.2) is 0 Å². The third-order valence-corrected chi connectivity index (χ3v) is 13.7. The van der Waals surface area contributed by atoms with Crippen LogP contribution in [0.5, 0.6) is 0 Å². The van der Waals surface area contributed by atoms with Gasteiger partial charge in [0.1, 0.15) is 0 Å². The van der Waals surface area contributed by atoms with Crippen molar-refractivity contribution in [1.82, 2.24) is 0 Å². The number of benzene rings is 6. The lowest BCUT2D eigenvalue weighted by atomic mass is 9.61. The molecule has 0 saturated heterocycles. The van der Waals surface area contributed by atoms with Gasteiger partial charge in [-0.05, 0) is 160 Å². The van der Waals surface area contributed by atoms with Gasteiger partial charge in [0.25, 0.3) is 0 Å². The van der Waals surface area contributed by atoms with Crippen LogP contribution in [0.1, 0.15) is 105 Å². The Labute approximate surface area is 347 Å². The van der Waals surface area contributed by atoms with Gasteiger partial charge >= 0.3 is 0 Å². The standard InChI is InChI=1S/C57H57N/c1-8-21-42(22-9-2)57(43-25-12-10-13-26-43)49-31-19-18-29-45(49)47-37-48(46-30-20-32-50-54(46)56(6,7)34-33-55(50,4)5)53(38-51(47)57)58(44-27-14-11-15-28-44)52-36-41-24-17-16-23-40(41)35-39(52)3/h8-15,18-22,25-32,35-38H,1,16-17,23-24,33-34H2,2-7H3/b22-9-,42-21+. The highest BCUT2D eigenvalue weighted by Gasteiger charge is 2.48. The first-order chi connectivity index (χ1) is 28.1. The molecule has 0 heterocycles. The van der Waals surface area contributed by atoms with Crippen LogP contribution in [0, 0.1) is 6.92 Å². The maximum absolute atomic E-state index is 4.26. The average molecular weight is 756 g/mol. The summed E-state index contributed by atoms with van der Waals surface area (Å²) < 4.78 is 0. The Balaban J connectivity index is 1.47. The van der Waals surface area contributed by atoms with Crippen LogP contribution in [0.2, 0.25) is 0 Å². The zero-order valence-electron chi connectivity index (χ0n) is 35.3. The molecule has 0 bridgehead atoms. The molecule has 0 amide bonds. The highest BCUT2D eigenvalue weighted by Crippen LogP contribution is 2.60. The number of nitrogens with zero attached hydrogens (tertiary/aromatic N) is 1. The number of aryl methyl sites for hydroxylation is 3. The second-order valence-corrected chi connectivity index (χ2v) is 18.2. The number of allylic oxidation sites excluding steroid dienone is 5. The van der Waals surface area contributed by atoms with E-state index >= 15 is 0 Å². The minimum Gasteiger partial charge on any atom is -0.310 e. The van der Waals surface area contributed by atoms with Gasteiger partial charge < -0.3 is 4.90 Å². The Kier molecular flexibility index (Phi) is 9.55. The van der Waals surface area contributed by atoms with Gasteiger partial charge in [-0.25, -0.2) is 0 Å². The highest BCUT2D eigenvalue weighted by atomic mass is 15.1. The average Bonchev–Trinajstić information content (AvgIpc) is 3.53. The SMILES string of the molecule is C=C/C=C(\C=C/C)C1(c2ccccc2)c2ccccc2-c2cc(-c3cccc4c3C(C)(C)CCC4(C)C)c(N(c3ccccc3)c3cc4c(cc3C)CCCC4)cc21. The summed E-state index contributed by atoms with van der Waals surface area (Å²) in [6, 6.07) is 48.8. The molecular weight excluding hydrogens is 699 g/mol. The topological polar surface area (TPSA) is 3.24 Å². The molecule has 3 aliphatic carbocycles. The number of hydrogen-bond donors (Lipinski definition) is 0. The van der Waals surface area contributed by atoms with E-state index < -0.39 is 5.41 Å². The van der Waals surface area contributed by atoms with E-state index in [-0.39, 0.29) is 10.8 Å². The van der Waals surface area contributed by atoms with Crippen LogP contribution in [0.3, 0.4) is 0 Å². The minimum absolute atomic E-state index is 0.00847. The number of hydrogen-bond acceptors (Lipinski definition) is 1. The maximum atomic E-state index is 4.26. The molecule has 6 aromatic carbocycles. The molecule has 58 heavy (non-hydrogen) atoms. The quantitative estimate of drug-likeness (QED) is 0.140. The zero-order valence-corrected chi connectivity index (χ0v) is 35.3. The minimum atomic E-state index is -0.578. The smallest absolute Gasteiger partial charge is 0.0714 e. The van der Waals surface area contributed by atoms with Gasteiger partial charge in [-0.2, -0.15) is 0 Å². The summed E-state index contributed by atoms with van der Waals surface area (Å²) in [5.41, 5.74) is 20.7. The van der Waals surface area contributed by atoms with Gasteiger partial charge in [-0.3, -0.25) is 0 Å². The van der Waals surface area contributed by atoms with Crippen LogP contribution in [-0.2, 0) is 29.1 Å². The fourth-order valence-corrected chi connectivity index (χ4v) is 10.9. The van der Waals surface area contributed by atoms with E-state index in [0.717, 1.165) is 19.3 Å². The van der Waals surface area contributed by atoms with Crippen LogP contribution in [0.25, 0.3) is 22.3 Å². The molecule has 0 aliphatic heterocycles. The molecule has 290 valence electrons. The van der Waals surface area contributed by atoms with E-state index in [1.807, 2.05) is 6.08 Å². The second kappa shape index (κ2) is 14.6. The zero-order chi connectivity index (χ0) is 40.2. The summed E-state index contributed by atoms with van der Waals surface area (Å²) in [4.78, 5) is 2.60. The molecule has 0 N–H and O–H groups in total. The van der Waals surface area contributed by atoms with Gasteiger partial charge in [0.05, 0.1) is 11.1 Å². The predicted molar refractivity (Wildman–Crippen MR) is 248 cm³/mol. The van der Waals surface area contributed by atoms with E-state index in [4.69, 9.17) is 0 Å². The van der Waals surface area contributed by atoms with Crippen molar-refractivity contribution in [3.8, 4) is 22.3 Å². The van der Waals surface area contributed by atoms with Crippen molar-refractivity contribution in [2.75, 3.05) is 4.90 Å². The van der Waals surface area contributed by atoms with Crippen LogP contribution < -0.4 is 4.90 Å². The van der Waals surface area contributed by atoms with Crippen molar-refractivity contribution in [3.05, 3.63) is 208 Å². The monoisotopic (exact) mass is 755 g/mol. The molecule has 6 aromatic rings. The first kappa shape index (κ1) is 37.9. The van der Waals surface area contributed by atoms with Crippen molar-refractivity contribution in [1.29, 1.82) is 0 Å². The maximum Gasteiger partial charge on any atom is 0.0714 e. The molecule has 1 nitrogen and oxygen atoms in total. The van der Waals surface area contributed by atoms with E-state index in [1.165, 1.54) is 109 Å². The lowest BCUT2D eigenvalue weighted by molar-refractivity contribution is 0.333. The lowest BCUT2D eigenvalue weighted by Crippen LogP contribution is -2.34. The Hall–Kier alpha value is -5.66. The van der Waals surface area contributed by atoms with Crippen molar-refractivity contribution >= 4 is 17.1 Å². The summed E-state index contributed by atoms with van der Waals surface area (Å²) in [6.07, 6.45) is 15.8. The highest BCUT2D eigenvalue weighted by molar-refractivity contribution is 5.98. The largest absolute Gasteiger partial charge is 0.310 e. The number of para-hydroxylation sites is 1. The molecule has 0 radical (unpaired) electrons. The first-order valence-electron chi connectivity index (χ1n) is 21.5. The van der Waals surface area contributed by atoms with E-state index in [2.05, 4.69) is 199 Å². The lowest BCUT2D eigenvalue weighted by Gasteiger charge is -2.43. The molecule has 0 saturated carbocycles. The fourth-order valence-electron chi connectivity index (χ4n) is 10.9. The van der Waals surface area contributed by atoms with Gasteiger partial charge in [0.15, 0.2) is 0 Å². The predicted octanol–water partition coefficient (Wildman–Crippen LogP) is 15.4. The number of rotatable bonds is 8. The molecule has 0 aromatic heterocycles. The van der Waals surface area contributed by atoms with E-state index in [1.54, 1.807) is 0 Å². The molecular formula is C57H57N. The third kappa shape index (κ3) is 5.96. The number of fused-ring (bicyclic) bond motifs is 5. The first-order valence-corrected chi connectivity index (χ1v) is 21.5. The normalized spacial score (nSPS) is 18.9. The molecule has 1 heteroatoms. The van der Waals surface area contributed by atoms with Crippen molar-refractivity contribution < 1.29 is 0 Å². The summed E-state index contributed by atoms with van der Waals surface area (Å²) in [5.74, 6) is 0. The van der Waals surface area contributed by atoms with Crippen LogP contribution in [0.4, 0.5) is 17.1 Å². The Bertz CT molecular complexity index is 2600. The summed E-state index contributed by atoms with van der Waals surface area (Å²) in [7, 11) is 0. The Morgan fingerprint density at radius 2 is 1.24 bits per heavy atom. The van der Waals surface area contributed by atoms with E-state index in [9.17, 15) is 0 Å². The Morgan fingerprint density at radius 1 is 0.603 bits per heavy atom. The fraction of sp³-hybridized carbons (Fsp3) is 0.263.